The first-order valence-corrected chi connectivity index (χ1v) is 11.5. The van der Waals surface area contributed by atoms with Gasteiger partial charge in [-0.1, -0.05) is 30.7 Å². The zero-order chi connectivity index (χ0) is 25.0. The first-order chi connectivity index (χ1) is 16.0. The van der Waals surface area contributed by atoms with Gasteiger partial charge in [-0.3, -0.25) is 4.90 Å². The second kappa shape index (κ2) is 10.4. The number of benzene rings is 2. The number of carbonyl (C=O) groups excluding carboxylic acids is 1. The summed E-state index contributed by atoms with van der Waals surface area (Å²) in [4.78, 5) is 27.5. The van der Waals surface area contributed by atoms with Crippen molar-refractivity contribution in [3.05, 3.63) is 70.5 Å². The molecular weight excluding hydrogens is 435 g/mol. The molecule has 0 bridgehead atoms. The van der Waals surface area contributed by atoms with Crippen LogP contribution in [0.25, 0.3) is 5.57 Å². The highest BCUT2D eigenvalue weighted by atomic mass is 19.1. The second-order valence-electron chi connectivity index (χ2n) is 9.15. The van der Waals surface area contributed by atoms with Crippen LogP contribution in [0.1, 0.15) is 60.7 Å². The van der Waals surface area contributed by atoms with Crippen LogP contribution < -0.4 is 4.90 Å². The third-order valence-corrected chi connectivity index (χ3v) is 6.62. The SMILES string of the molecule is CCC1(CCN(C)Cc2ccc(C)cc2/C(C)=C(/C)F)CN(c2ccc(C(=O)O)cc2)C(=O)O1. The van der Waals surface area contributed by atoms with E-state index in [1.807, 2.05) is 39.1 Å². The summed E-state index contributed by atoms with van der Waals surface area (Å²) in [5.74, 6) is -1.20. The molecule has 1 amide bonds. The van der Waals surface area contributed by atoms with Crippen LogP contribution in [0.3, 0.4) is 0 Å². The van der Waals surface area contributed by atoms with Crippen molar-refractivity contribution in [1.29, 1.82) is 0 Å². The molecule has 1 aliphatic rings. The van der Waals surface area contributed by atoms with Crippen LogP contribution in [0.4, 0.5) is 14.9 Å². The topological polar surface area (TPSA) is 70.1 Å². The molecule has 2 aromatic rings. The molecule has 0 spiro atoms. The summed E-state index contributed by atoms with van der Waals surface area (Å²) >= 11 is 0. The van der Waals surface area contributed by atoms with E-state index >= 15 is 0 Å². The maximum Gasteiger partial charge on any atom is 0.415 e. The van der Waals surface area contributed by atoms with Crippen molar-refractivity contribution in [2.24, 2.45) is 0 Å². The first kappa shape index (κ1) is 25.4. The number of carbonyl (C=O) groups is 2. The molecule has 0 aliphatic carbocycles. The van der Waals surface area contributed by atoms with E-state index in [0.717, 1.165) is 16.7 Å². The lowest BCUT2D eigenvalue weighted by Crippen LogP contribution is -2.37. The molecule has 0 radical (unpaired) electrons. The lowest BCUT2D eigenvalue weighted by Gasteiger charge is -2.28. The molecule has 182 valence electrons. The Bertz CT molecular complexity index is 1090. The Kier molecular flexibility index (Phi) is 7.77. The van der Waals surface area contributed by atoms with Crippen molar-refractivity contribution in [2.45, 2.75) is 52.7 Å². The number of rotatable bonds is 9. The van der Waals surface area contributed by atoms with E-state index in [-0.39, 0.29) is 11.4 Å². The molecule has 7 heteroatoms. The molecule has 1 fully saturated rings. The lowest BCUT2D eigenvalue weighted by molar-refractivity contribution is 0.0385. The summed E-state index contributed by atoms with van der Waals surface area (Å²) < 4.78 is 19.8. The van der Waals surface area contributed by atoms with E-state index in [0.29, 0.717) is 43.7 Å². The van der Waals surface area contributed by atoms with Crippen molar-refractivity contribution in [2.75, 3.05) is 25.0 Å². The Morgan fingerprint density at radius 1 is 1.21 bits per heavy atom. The number of allylic oxidation sites excluding steroid dienone is 2. The van der Waals surface area contributed by atoms with Gasteiger partial charge in [-0.05, 0) is 75.2 Å². The van der Waals surface area contributed by atoms with E-state index in [1.165, 1.54) is 19.1 Å². The van der Waals surface area contributed by atoms with Crippen molar-refractivity contribution in [3.8, 4) is 0 Å². The normalized spacial score (nSPS) is 18.8. The molecule has 0 aromatic heterocycles. The number of anilines is 1. The number of halogens is 1. The zero-order valence-electron chi connectivity index (χ0n) is 20.5. The van der Waals surface area contributed by atoms with Crippen molar-refractivity contribution >= 4 is 23.3 Å². The van der Waals surface area contributed by atoms with Crippen LogP contribution in [0.5, 0.6) is 0 Å². The number of aromatic carboxylic acids is 1. The molecule has 0 saturated carbocycles. The first-order valence-electron chi connectivity index (χ1n) is 11.5. The predicted octanol–water partition coefficient (Wildman–Crippen LogP) is 6.04. The van der Waals surface area contributed by atoms with Crippen LogP contribution in [0.2, 0.25) is 0 Å². The zero-order valence-corrected chi connectivity index (χ0v) is 20.5. The minimum atomic E-state index is -1.01. The van der Waals surface area contributed by atoms with Crippen molar-refractivity contribution in [3.63, 3.8) is 0 Å². The Morgan fingerprint density at radius 3 is 2.47 bits per heavy atom. The van der Waals surface area contributed by atoms with Gasteiger partial charge in [-0.2, -0.15) is 0 Å². The number of nitrogens with zero attached hydrogens (tertiary/aromatic N) is 2. The Labute approximate surface area is 200 Å². The Hall–Kier alpha value is -3.19. The van der Waals surface area contributed by atoms with Gasteiger partial charge in [0.25, 0.3) is 0 Å². The highest BCUT2D eigenvalue weighted by Crippen LogP contribution is 2.33. The largest absolute Gasteiger partial charge is 0.478 e. The molecule has 34 heavy (non-hydrogen) atoms. The molecule has 1 heterocycles. The summed E-state index contributed by atoms with van der Waals surface area (Å²) in [6.07, 6.45) is 0.885. The fraction of sp³-hybridized carbons (Fsp3) is 0.407. The van der Waals surface area contributed by atoms with Crippen molar-refractivity contribution in [1.82, 2.24) is 4.90 Å². The third kappa shape index (κ3) is 5.65. The minimum Gasteiger partial charge on any atom is -0.478 e. The average molecular weight is 469 g/mol. The monoisotopic (exact) mass is 468 g/mol. The van der Waals surface area contributed by atoms with Gasteiger partial charge in [0.1, 0.15) is 11.4 Å². The predicted molar refractivity (Wildman–Crippen MR) is 132 cm³/mol. The lowest BCUT2D eigenvalue weighted by atomic mass is 9.95. The Balaban J connectivity index is 1.69. The van der Waals surface area contributed by atoms with E-state index < -0.39 is 17.7 Å². The van der Waals surface area contributed by atoms with Gasteiger partial charge in [-0.25, -0.2) is 14.0 Å². The van der Waals surface area contributed by atoms with Gasteiger partial charge in [-0.15, -0.1) is 0 Å². The standard InChI is InChI=1S/C27H33FN2O4/c1-6-27(17-30(26(33)34-27)23-11-9-21(10-12-23)25(31)32)13-14-29(5)16-22-8-7-18(2)15-24(22)19(3)20(4)28/h7-12,15H,6,13-14,16-17H2,1-5H3,(H,31,32)/b20-19-. The average Bonchev–Trinajstić information content (AvgIpc) is 3.15. The van der Waals surface area contributed by atoms with E-state index in [9.17, 15) is 14.0 Å². The number of carboxylic acids is 1. The van der Waals surface area contributed by atoms with Gasteiger partial charge in [0.15, 0.2) is 0 Å². The maximum atomic E-state index is 13.9. The second-order valence-corrected chi connectivity index (χ2v) is 9.15. The van der Waals surface area contributed by atoms with Crippen LogP contribution in [-0.4, -0.2) is 47.8 Å². The van der Waals surface area contributed by atoms with Crippen LogP contribution >= 0.6 is 0 Å². The number of ether oxygens (including phenoxy) is 1. The molecule has 1 N–H and O–H groups in total. The molecule has 1 saturated heterocycles. The number of carboxylic acid groups (broad SMARTS) is 1. The summed E-state index contributed by atoms with van der Waals surface area (Å²) in [5.41, 5.74) is 3.86. The number of amides is 1. The van der Waals surface area contributed by atoms with Gasteiger partial charge in [0.05, 0.1) is 12.1 Å². The molecule has 3 rings (SSSR count). The fourth-order valence-electron chi connectivity index (χ4n) is 4.22. The molecule has 2 aromatic carbocycles. The Morgan fingerprint density at radius 2 is 1.88 bits per heavy atom. The van der Waals surface area contributed by atoms with Gasteiger partial charge in [0.2, 0.25) is 0 Å². The van der Waals surface area contributed by atoms with Crippen molar-refractivity contribution < 1.29 is 23.8 Å². The summed E-state index contributed by atoms with van der Waals surface area (Å²) in [7, 11) is 2.01. The molecule has 6 nitrogen and oxygen atoms in total. The number of hydrogen-bond acceptors (Lipinski definition) is 4. The van der Waals surface area contributed by atoms with Gasteiger partial charge < -0.3 is 14.7 Å². The maximum absolute atomic E-state index is 13.9. The number of cyclic esters (lactones) is 1. The summed E-state index contributed by atoms with van der Waals surface area (Å²) in [6.45, 7) is 9.02. The molecule has 1 unspecified atom stereocenters. The van der Waals surface area contributed by atoms with Crippen LogP contribution in [0, 0.1) is 6.92 Å². The molecule has 1 aliphatic heterocycles. The fourth-order valence-corrected chi connectivity index (χ4v) is 4.22. The number of aryl methyl sites for hydroxylation is 1. The summed E-state index contributed by atoms with van der Waals surface area (Å²) in [6, 6.07) is 12.3. The minimum absolute atomic E-state index is 0.170. The van der Waals surface area contributed by atoms with E-state index in [1.54, 1.807) is 24.0 Å². The molecular formula is C27H33FN2O4. The smallest absolute Gasteiger partial charge is 0.415 e. The van der Waals surface area contributed by atoms with Gasteiger partial charge in [0, 0.05) is 25.2 Å². The van der Waals surface area contributed by atoms with Crippen LogP contribution in [-0.2, 0) is 11.3 Å². The molecule has 1 atom stereocenters. The third-order valence-electron chi connectivity index (χ3n) is 6.62. The highest BCUT2D eigenvalue weighted by molar-refractivity contribution is 5.92. The number of hydrogen-bond donors (Lipinski definition) is 1. The van der Waals surface area contributed by atoms with E-state index in [2.05, 4.69) is 4.90 Å². The van der Waals surface area contributed by atoms with Gasteiger partial charge >= 0.3 is 12.1 Å². The van der Waals surface area contributed by atoms with Crippen LogP contribution in [0.15, 0.2) is 48.3 Å². The van der Waals surface area contributed by atoms with E-state index in [4.69, 9.17) is 9.84 Å². The highest BCUT2D eigenvalue weighted by Gasteiger charge is 2.44. The summed E-state index contributed by atoms with van der Waals surface area (Å²) in [5, 5.41) is 9.10. The quantitative estimate of drug-likeness (QED) is 0.486.